The Kier molecular flexibility index (Phi) is 5.04. The van der Waals surface area contributed by atoms with Crippen molar-refractivity contribution in [2.24, 2.45) is 5.10 Å². The van der Waals surface area contributed by atoms with Gasteiger partial charge in [-0.3, -0.25) is 9.78 Å². The normalized spacial score (nSPS) is 11.0. The van der Waals surface area contributed by atoms with Crippen LogP contribution in [0.5, 0.6) is 5.75 Å². The first-order valence-electron chi connectivity index (χ1n) is 6.59. The van der Waals surface area contributed by atoms with E-state index in [4.69, 9.17) is 4.74 Å². The number of benzene rings is 1. The van der Waals surface area contributed by atoms with Crippen molar-refractivity contribution in [2.45, 2.75) is 13.8 Å². The molecule has 0 atom stereocenters. The van der Waals surface area contributed by atoms with Crippen molar-refractivity contribution < 1.29 is 9.53 Å². The minimum absolute atomic E-state index is 0.0813. The van der Waals surface area contributed by atoms with Crippen molar-refractivity contribution in [1.29, 1.82) is 0 Å². The van der Waals surface area contributed by atoms with Crippen molar-refractivity contribution in [1.82, 2.24) is 10.4 Å². The fourth-order valence-electron chi connectivity index (χ4n) is 1.60. The maximum absolute atomic E-state index is 11.7. The summed E-state index contributed by atoms with van der Waals surface area (Å²) < 4.78 is 5.36. The maximum atomic E-state index is 11.7. The van der Waals surface area contributed by atoms with Crippen LogP contribution in [0.3, 0.4) is 0 Å². The monoisotopic (exact) mass is 283 g/mol. The van der Waals surface area contributed by atoms with Crippen molar-refractivity contribution >= 4 is 11.6 Å². The fourth-order valence-corrected chi connectivity index (χ4v) is 1.60. The molecule has 1 aromatic carbocycles. The van der Waals surface area contributed by atoms with Gasteiger partial charge in [0.05, 0.1) is 11.4 Å². The molecule has 2 aromatic rings. The van der Waals surface area contributed by atoms with Gasteiger partial charge in [0.15, 0.2) is 6.61 Å². The molecule has 0 aliphatic heterocycles. The number of hydrazone groups is 1. The van der Waals surface area contributed by atoms with Crippen LogP contribution in [0.1, 0.15) is 18.2 Å². The second-order valence-corrected chi connectivity index (χ2v) is 4.55. The van der Waals surface area contributed by atoms with E-state index in [-0.39, 0.29) is 12.5 Å². The van der Waals surface area contributed by atoms with Crippen LogP contribution < -0.4 is 10.2 Å². The molecule has 0 radical (unpaired) electrons. The van der Waals surface area contributed by atoms with E-state index in [0.717, 1.165) is 11.3 Å². The summed E-state index contributed by atoms with van der Waals surface area (Å²) in [5, 5.41) is 4.00. The van der Waals surface area contributed by atoms with Gasteiger partial charge in [0.25, 0.3) is 5.91 Å². The largest absolute Gasteiger partial charge is 0.484 e. The first-order chi connectivity index (χ1) is 10.1. The summed E-state index contributed by atoms with van der Waals surface area (Å²) in [6.45, 7) is 3.69. The lowest BCUT2D eigenvalue weighted by Gasteiger charge is -2.05. The Labute approximate surface area is 123 Å². The van der Waals surface area contributed by atoms with Gasteiger partial charge in [-0.25, -0.2) is 5.43 Å². The van der Waals surface area contributed by atoms with E-state index in [2.05, 4.69) is 15.5 Å². The van der Waals surface area contributed by atoms with Gasteiger partial charge < -0.3 is 4.74 Å². The Morgan fingerprint density at radius 3 is 2.67 bits per heavy atom. The smallest absolute Gasteiger partial charge is 0.277 e. The van der Waals surface area contributed by atoms with Crippen LogP contribution in [0.2, 0.25) is 0 Å². The van der Waals surface area contributed by atoms with Crippen LogP contribution in [0.4, 0.5) is 0 Å². The molecule has 21 heavy (non-hydrogen) atoms. The van der Waals surface area contributed by atoms with Crippen LogP contribution in [0.25, 0.3) is 0 Å². The number of carbonyl (C=O) groups excluding carboxylic acids is 1. The van der Waals surface area contributed by atoms with Gasteiger partial charge in [-0.05, 0) is 38.1 Å². The summed E-state index contributed by atoms with van der Waals surface area (Å²) in [6, 6.07) is 13.0. The topological polar surface area (TPSA) is 63.6 Å². The molecule has 0 unspecified atom stereocenters. The third-order valence-electron chi connectivity index (χ3n) is 2.77. The fraction of sp³-hybridized carbons (Fsp3) is 0.188. The lowest BCUT2D eigenvalue weighted by atomic mass is 10.2. The predicted octanol–water partition coefficient (Wildman–Crippen LogP) is 2.31. The molecule has 1 amide bonds. The van der Waals surface area contributed by atoms with E-state index in [1.54, 1.807) is 13.1 Å². The van der Waals surface area contributed by atoms with Crippen molar-refractivity contribution in [3.63, 3.8) is 0 Å². The molecular weight excluding hydrogens is 266 g/mol. The minimum atomic E-state index is -0.314. The Morgan fingerprint density at radius 2 is 2.00 bits per heavy atom. The van der Waals surface area contributed by atoms with Crippen LogP contribution >= 0.6 is 0 Å². The first-order valence-corrected chi connectivity index (χ1v) is 6.59. The minimum Gasteiger partial charge on any atom is -0.484 e. The van der Waals surface area contributed by atoms with Gasteiger partial charge in [-0.1, -0.05) is 23.8 Å². The average Bonchev–Trinajstić information content (AvgIpc) is 2.53. The number of rotatable bonds is 5. The van der Waals surface area contributed by atoms with Crippen molar-refractivity contribution in [2.75, 3.05) is 6.61 Å². The number of hydrogen-bond donors (Lipinski definition) is 1. The molecule has 1 aromatic heterocycles. The molecule has 2 rings (SSSR count). The molecule has 5 nitrogen and oxygen atoms in total. The molecule has 0 saturated heterocycles. The molecular formula is C16H17N3O2. The van der Waals surface area contributed by atoms with Gasteiger partial charge >= 0.3 is 0 Å². The first kappa shape index (κ1) is 14.7. The lowest BCUT2D eigenvalue weighted by Crippen LogP contribution is -2.25. The van der Waals surface area contributed by atoms with Crippen LogP contribution in [-0.4, -0.2) is 23.2 Å². The number of ether oxygens (including phenoxy) is 1. The molecule has 1 heterocycles. The molecule has 0 bridgehead atoms. The van der Waals surface area contributed by atoms with Gasteiger partial charge in [-0.15, -0.1) is 0 Å². The van der Waals surface area contributed by atoms with Gasteiger partial charge in [-0.2, -0.15) is 5.10 Å². The number of amides is 1. The van der Waals surface area contributed by atoms with Crippen molar-refractivity contribution in [3.05, 3.63) is 59.9 Å². The molecule has 0 aliphatic carbocycles. The second kappa shape index (κ2) is 7.19. The highest BCUT2D eigenvalue weighted by atomic mass is 16.5. The molecule has 0 saturated carbocycles. The quantitative estimate of drug-likeness (QED) is 0.676. The summed E-state index contributed by atoms with van der Waals surface area (Å²) in [5.41, 5.74) is 4.95. The average molecular weight is 283 g/mol. The summed E-state index contributed by atoms with van der Waals surface area (Å²) in [5.74, 6) is 0.340. The summed E-state index contributed by atoms with van der Waals surface area (Å²) in [7, 11) is 0. The van der Waals surface area contributed by atoms with E-state index in [1.165, 1.54) is 0 Å². The van der Waals surface area contributed by atoms with E-state index < -0.39 is 0 Å². The van der Waals surface area contributed by atoms with Gasteiger partial charge in [0.1, 0.15) is 5.75 Å². The third kappa shape index (κ3) is 4.72. The summed E-state index contributed by atoms with van der Waals surface area (Å²) in [6.07, 6.45) is 1.68. The molecule has 5 heteroatoms. The number of pyridine rings is 1. The van der Waals surface area contributed by atoms with E-state index in [9.17, 15) is 4.79 Å². The standard InChI is InChI=1S/C16H17N3O2/c1-12-6-8-14(9-7-12)21-11-16(20)19-18-13(2)15-5-3-4-10-17-15/h3-10H,11H2,1-2H3,(H,19,20)/b18-13-. The summed E-state index contributed by atoms with van der Waals surface area (Å²) in [4.78, 5) is 15.8. The molecule has 0 spiro atoms. The van der Waals surface area contributed by atoms with E-state index in [1.807, 2.05) is 49.4 Å². The number of nitrogens with zero attached hydrogens (tertiary/aromatic N) is 2. The Bertz CT molecular complexity index is 622. The lowest BCUT2D eigenvalue weighted by molar-refractivity contribution is -0.123. The molecule has 0 aliphatic rings. The van der Waals surface area contributed by atoms with Gasteiger partial charge in [0, 0.05) is 6.20 Å². The molecule has 108 valence electrons. The number of carbonyl (C=O) groups is 1. The number of hydrogen-bond acceptors (Lipinski definition) is 4. The Hall–Kier alpha value is -2.69. The number of aromatic nitrogens is 1. The van der Waals surface area contributed by atoms with Gasteiger partial charge in [0.2, 0.25) is 0 Å². The third-order valence-corrected chi connectivity index (χ3v) is 2.77. The van der Waals surface area contributed by atoms with Crippen molar-refractivity contribution in [3.8, 4) is 5.75 Å². The second-order valence-electron chi connectivity index (χ2n) is 4.55. The zero-order chi connectivity index (χ0) is 15.1. The highest BCUT2D eigenvalue weighted by Gasteiger charge is 2.03. The van der Waals surface area contributed by atoms with Crippen LogP contribution in [-0.2, 0) is 4.79 Å². The SMILES string of the molecule is C/C(=N/NC(=O)COc1ccc(C)cc1)c1ccccn1. The zero-order valence-electron chi connectivity index (χ0n) is 12.0. The molecule has 1 N–H and O–H groups in total. The highest BCUT2D eigenvalue weighted by Crippen LogP contribution is 2.10. The number of aryl methyl sites for hydroxylation is 1. The Morgan fingerprint density at radius 1 is 1.24 bits per heavy atom. The van der Waals surface area contributed by atoms with Crippen LogP contribution in [0.15, 0.2) is 53.8 Å². The zero-order valence-corrected chi connectivity index (χ0v) is 12.0. The predicted molar refractivity (Wildman–Crippen MR) is 81.3 cm³/mol. The molecule has 0 fully saturated rings. The van der Waals surface area contributed by atoms with E-state index in [0.29, 0.717) is 11.5 Å². The number of nitrogens with one attached hydrogen (secondary N) is 1. The summed E-state index contributed by atoms with van der Waals surface area (Å²) >= 11 is 0. The maximum Gasteiger partial charge on any atom is 0.277 e. The Balaban J connectivity index is 1.83. The van der Waals surface area contributed by atoms with E-state index >= 15 is 0 Å². The van der Waals surface area contributed by atoms with Crippen LogP contribution in [0, 0.1) is 6.92 Å². The highest BCUT2D eigenvalue weighted by molar-refractivity contribution is 5.97.